The number of aryl methyl sites for hydroxylation is 2. The molecule has 0 aliphatic carbocycles. The zero-order valence-electron chi connectivity index (χ0n) is 17.6. The summed E-state index contributed by atoms with van der Waals surface area (Å²) in [6, 6.07) is 0. The Hall–Kier alpha value is -1.94. The maximum absolute atomic E-state index is 5.74. The summed E-state index contributed by atoms with van der Waals surface area (Å²) in [4.78, 5) is 0. The molecule has 0 aromatic carbocycles. The van der Waals surface area contributed by atoms with Crippen LogP contribution in [0.5, 0.6) is 0 Å². The van der Waals surface area contributed by atoms with Crippen molar-refractivity contribution in [3.8, 4) is 0 Å². The number of hydrogen-bond acceptors (Lipinski definition) is 8. The molecule has 0 saturated carbocycles. The molecule has 10 nitrogen and oxygen atoms in total. The largest absolute Gasteiger partial charge is 0.379 e. The molecule has 0 aliphatic rings. The average molecular weight is 395 g/mol. The van der Waals surface area contributed by atoms with Crippen molar-refractivity contribution in [3.63, 3.8) is 0 Å². The van der Waals surface area contributed by atoms with Crippen LogP contribution in [0.1, 0.15) is 59.2 Å². The van der Waals surface area contributed by atoms with Gasteiger partial charge in [-0.1, -0.05) is 27.7 Å². The highest BCUT2D eigenvalue weighted by Crippen LogP contribution is 2.26. The van der Waals surface area contributed by atoms with Crippen LogP contribution in [0.3, 0.4) is 0 Å². The van der Waals surface area contributed by atoms with Gasteiger partial charge in [-0.15, -0.1) is 10.2 Å². The van der Waals surface area contributed by atoms with Gasteiger partial charge in [0.15, 0.2) is 0 Å². The summed E-state index contributed by atoms with van der Waals surface area (Å²) in [6.07, 6.45) is 6.53. The van der Waals surface area contributed by atoms with E-state index in [-0.39, 0.29) is 10.8 Å². The van der Waals surface area contributed by atoms with Gasteiger partial charge in [0.1, 0.15) is 12.2 Å². The number of aromatic nitrogens is 8. The highest BCUT2D eigenvalue weighted by molar-refractivity contribution is 4.80. The maximum atomic E-state index is 5.74. The molecule has 0 unspecified atom stereocenters. The monoisotopic (exact) mass is 394 g/mol. The standard InChI is InChI=1S/C18H34N8O2/c1-17(2,6-5-16-20-23-24-21-16)8-11-27-13-14-28-12-9-18(3,4)7-10-26-15-19-22-25-26/h15H,5-14H2,1-4H3,(H,20,21,23,24). The molecule has 158 valence electrons. The molecule has 2 heterocycles. The highest BCUT2D eigenvalue weighted by Gasteiger charge is 2.19. The van der Waals surface area contributed by atoms with E-state index in [1.54, 1.807) is 11.0 Å². The lowest BCUT2D eigenvalue weighted by atomic mass is 9.84. The number of hydrogen-bond donors (Lipinski definition) is 1. The molecule has 0 aliphatic heterocycles. The van der Waals surface area contributed by atoms with Gasteiger partial charge in [-0.3, -0.25) is 0 Å². The molecule has 0 bridgehead atoms. The molecular weight excluding hydrogens is 360 g/mol. The lowest BCUT2D eigenvalue weighted by molar-refractivity contribution is 0.0271. The fourth-order valence-corrected chi connectivity index (χ4v) is 2.71. The summed E-state index contributed by atoms with van der Waals surface area (Å²) in [7, 11) is 0. The summed E-state index contributed by atoms with van der Waals surface area (Å²) >= 11 is 0. The third-order valence-corrected chi connectivity index (χ3v) is 5.06. The van der Waals surface area contributed by atoms with Gasteiger partial charge < -0.3 is 9.47 Å². The third kappa shape index (κ3) is 9.32. The molecule has 1 N–H and O–H groups in total. The first-order valence-corrected chi connectivity index (χ1v) is 9.95. The molecule has 0 amide bonds. The first-order chi connectivity index (χ1) is 13.4. The van der Waals surface area contributed by atoms with E-state index in [1.165, 1.54) is 0 Å². The van der Waals surface area contributed by atoms with E-state index in [2.05, 4.69) is 63.8 Å². The van der Waals surface area contributed by atoms with Gasteiger partial charge >= 0.3 is 0 Å². The molecule has 0 fully saturated rings. The highest BCUT2D eigenvalue weighted by atomic mass is 16.5. The van der Waals surface area contributed by atoms with Crippen molar-refractivity contribution in [2.24, 2.45) is 10.8 Å². The van der Waals surface area contributed by atoms with Crippen molar-refractivity contribution in [2.75, 3.05) is 26.4 Å². The van der Waals surface area contributed by atoms with E-state index in [9.17, 15) is 0 Å². The second-order valence-electron chi connectivity index (χ2n) is 8.72. The van der Waals surface area contributed by atoms with Gasteiger partial charge in [0.25, 0.3) is 0 Å². The van der Waals surface area contributed by atoms with Gasteiger partial charge in [0.05, 0.1) is 13.2 Å². The molecule has 2 rings (SSSR count). The van der Waals surface area contributed by atoms with E-state index in [0.29, 0.717) is 13.2 Å². The predicted molar refractivity (Wildman–Crippen MR) is 103 cm³/mol. The molecule has 0 atom stereocenters. The normalized spacial score (nSPS) is 12.6. The van der Waals surface area contributed by atoms with Gasteiger partial charge in [-0.2, -0.15) is 0 Å². The quantitative estimate of drug-likeness (QED) is 0.456. The maximum Gasteiger partial charge on any atom is 0.148 e. The Morgan fingerprint density at radius 2 is 1.57 bits per heavy atom. The van der Waals surface area contributed by atoms with Crippen molar-refractivity contribution >= 4 is 0 Å². The summed E-state index contributed by atoms with van der Waals surface area (Å²) < 4.78 is 13.2. The van der Waals surface area contributed by atoms with E-state index in [0.717, 1.165) is 57.7 Å². The summed E-state index contributed by atoms with van der Waals surface area (Å²) in [5.41, 5.74) is 0.382. The number of nitrogens with one attached hydrogen (secondary N) is 1. The van der Waals surface area contributed by atoms with Crippen molar-refractivity contribution in [1.82, 2.24) is 40.8 Å². The Morgan fingerprint density at radius 1 is 0.893 bits per heavy atom. The Morgan fingerprint density at radius 3 is 2.14 bits per heavy atom. The topological polar surface area (TPSA) is 117 Å². The number of tetrazole rings is 2. The first kappa shape index (κ1) is 22.4. The molecule has 0 radical (unpaired) electrons. The summed E-state index contributed by atoms with van der Waals surface area (Å²) in [5, 5.41) is 25.1. The zero-order chi connectivity index (χ0) is 20.3. The molecule has 2 aromatic heterocycles. The molecule has 2 aromatic rings. The molecular formula is C18H34N8O2. The number of H-pyrrole nitrogens is 1. The van der Waals surface area contributed by atoms with E-state index in [1.807, 2.05) is 0 Å². The van der Waals surface area contributed by atoms with Crippen molar-refractivity contribution in [2.45, 2.75) is 66.3 Å². The molecule has 0 saturated heterocycles. The Bertz CT molecular complexity index is 572. The number of ether oxygens (including phenoxy) is 2. The summed E-state index contributed by atoms with van der Waals surface area (Å²) in [6.45, 7) is 12.5. The van der Waals surface area contributed by atoms with Crippen LogP contribution >= 0.6 is 0 Å². The van der Waals surface area contributed by atoms with Crippen LogP contribution in [0.15, 0.2) is 6.33 Å². The minimum absolute atomic E-state index is 0.190. The minimum atomic E-state index is 0.190. The van der Waals surface area contributed by atoms with Gasteiger partial charge in [0.2, 0.25) is 0 Å². The second-order valence-corrected chi connectivity index (χ2v) is 8.72. The van der Waals surface area contributed by atoms with Gasteiger partial charge in [0, 0.05) is 26.2 Å². The SMILES string of the molecule is CC(C)(CCOCCOCCC(C)(C)CCn1cnnn1)CCc1nnn[nH]1. The Balaban J connectivity index is 1.45. The van der Waals surface area contributed by atoms with Crippen LogP contribution in [0, 0.1) is 10.8 Å². The van der Waals surface area contributed by atoms with Crippen LogP contribution < -0.4 is 0 Å². The lowest BCUT2D eigenvalue weighted by Crippen LogP contribution is -2.19. The van der Waals surface area contributed by atoms with E-state index < -0.39 is 0 Å². The summed E-state index contributed by atoms with van der Waals surface area (Å²) in [5.74, 6) is 0.836. The van der Waals surface area contributed by atoms with Crippen molar-refractivity contribution in [1.29, 1.82) is 0 Å². The zero-order valence-corrected chi connectivity index (χ0v) is 17.6. The van der Waals surface area contributed by atoms with Gasteiger partial charge in [-0.05, 0) is 57.4 Å². The molecule has 0 spiro atoms. The van der Waals surface area contributed by atoms with Gasteiger partial charge in [-0.25, -0.2) is 9.78 Å². The average Bonchev–Trinajstić information content (AvgIpc) is 3.34. The number of nitrogens with zero attached hydrogens (tertiary/aromatic N) is 7. The van der Waals surface area contributed by atoms with Crippen LogP contribution in [-0.2, 0) is 22.4 Å². The first-order valence-electron chi connectivity index (χ1n) is 9.95. The van der Waals surface area contributed by atoms with E-state index in [4.69, 9.17) is 9.47 Å². The fraction of sp³-hybridized carbons (Fsp3) is 0.889. The van der Waals surface area contributed by atoms with E-state index >= 15 is 0 Å². The number of rotatable bonds is 15. The minimum Gasteiger partial charge on any atom is -0.379 e. The lowest BCUT2D eigenvalue weighted by Gasteiger charge is -2.24. The second kappa shape index (κ2) is 11.2. The Kier molecular flexibility index (Phi) is 8.91. The van der Waals surface area contributed by atoms with Crippen molar-refractivity contribution in [3.05, 3.63) is 12.2 Å². The van der Waals surface area contributed by atoms with Crippen LogP contribution in [0.25, 0.3) is 0 Å². The van der Waals surface area contributed by atoms with Crippen LogP contribution in [-0.4, -0.2) is 67.3 Å². The molecule has 28 heavy (non-hydrogen) atoms. The molecule has 10 heteroatoms. The third-order valence-electron chi connectivity index (χ3n) is 5.06. The Labute approximate surface area is 166 Å². The fourth-order valence-electron chi connectivity index (χ4n) is 2.71. The van der Waals surface area contributed by atoms with Crippen LogP contribution in [0.2, 0.25) is 0 Å². The van der Waals surface area contributed by atoms with Crippen molar-refractivity contribution < 1.29 is 9.47 Å². The number of aromatic amines is 1. The predicted octanol–water partition coefficient (Wildman–Crippen LogP) is 2.07. The van der Waals surface area contributed by atoms with Crippen LogP contribution in [0.4, 0.5) is 0 Å². The smallest absolute Gasteiger partial charge is 0.148 e.